The Morgan fingerprint density at radius 3 is 2.70 bits per heavy atom. The monoisotopic (exact) mass is 274 g/mol. The highest BCUT2D eigenvalue weighted by Gasteiger charge is 2.13. The summed E-state index contributed by atoms with van der Waals surface area (Å²) in [6.07, 6.45) is 0. The van der Waals surface area contributed by atoms with Gasteiger partial charge in [-0.2, -0.15) is 0 Å². The highest BCUT2D eigenvalue weighted by Crippen LogP contribution is 2.25. The molecule has 0 spiro atoms. The van der Waals surface area contributed by atoms with E-state index in [4.69, 9.17) is 10.5 Å². The summed E-state index contributed by atoms with van der Waals surface area (Å²) in [5.74, 6) is -0.521. The first-order valence-corrected chi connectivity index (χ1v) is 6.03. The Bertz CT molecular complexity index is 656. The molecule has 0 aliphatic rings. The van der Waals surface area contributed by atoms with Crippen molar-refractivity contribution in [2.24, 2.45) is 0 Å². The smallest absolute Gasteiger partial charge is 0.258 e. The molecule has 0 fully saturated rings. The van der Waals surface area contributed by atoms with Gasteiger partial charge in [0.05, 0.1) is 18.4 Å². The van der Waals surface area contributed by atoms with E-state index in [9.17, 15) is 9.18 Å². The van der Waals surface area contributed by atoms with Gasteiger partial charge in [-0.25, -0.2) is 4.39 Å². The van der Waals surface area contributed by atoms with Gasteiger partial charge in [0.25, 0.3) is 5.91 Å². The van der Waals surface area contributed by atoms with Gasteiger partial charge in [-0.05, 0) is 36.8 Å². The largest absolute Gasteiger partial charge is 0.495 e. The number of hydrogen-bond acceptors (Lipinski definition) is 3. The van der Waals surface area contributed by atoms with E-state index in [1.54, 1.807) is 37.3 Å². The molecule has 104 valence electrons. The molecule has 2 aromatic carbocycles. The molecule has 3 N–H and O–H groups in total. The summed E-state index contributed by atoms with van der Waals surface area (Å²) in [4.78, 5) is 12.0. The number of methoxy groups -OCH3 is 1. The summed E-state index contributed by atoms with van der Waals surface area (Å²) in [5, 5.41) is 2.60. The number of nitrogen functional groups attached to an aromatic ring is 1. The predicted octanol–water partition coefficient (Wildman–Crippen LogP) is 2.98. The molecule has 1 amide bonds. The molecule has 5 heteroatoms. The zero-order valence-electron chi connectivity index (χ0n) is 11.2. The van der Waals surface area contributed by atoms with Crippen molar-refractivity contribution in [1.82, 2.24) is 0 Å². The van der Waals surface area contributed by atoms with Crippen LogP contribution in [0.15, 0.2) is 36.4 Å². The third kappa shape index (κ3) is 2.71. The van der Waals surface area contributed by atoms with Crippen molar-refractivity contribution in [2.45, 2.75) is 6.92 Å². The lowest BCUT2D eigenvalue weighted by atomic mass is 10.1. The van der Waals surface area contributed by atoms with Crippen LogP contribution in [-0.4, -0.2) is 13.0 Å². The van der Waals surface area contributed by atoms with E-state index in [0.29, 0.717) is 22.7 Å². The van der Waals surface area contributed by atoms with Crippen molar-refractivity contribution >= 4 is 17.3 Å². The minimum atomic E-state index is -0.522. The van der Waals surface area contributed by atoms with Gasteiger partial charge in [0.2, 0.25) is 0 Å². The van der Waals surface area contributed by atoms with Gasteiger partial charge in [0.1, 0.15) is 11.6 Å². The number of rotatable bonds is 3. The fourth-order valence-electron chi connectivity index (χ4n) is 1.83. The first-order valence-electron chi connectivity index (χ1n) is 6.03. The summed E-state index contributed by atoms with van der Waals surface area (Å²) >= 11 is 0. The lowest BCUT2D eigenvalue weighted by molar-refractivity contribution is 0.102. The van der Waals surface area contributed by atoms with Crippen molar-refractivity contribution in [3.05, 3.63) is 53.3 Å². The maximum absolute atomic E-state index is 13.8. The third-order valence-electron chi connectivity index (χ3n) is 2.92. The zero-order valence-corrected chi connectivity index (χ0v) is 11.2. The van der Waals surface area contributed by atoms with Crippen LogP contribution in [0.2, 0.25) is 0 Å². The summed E-state index contributed by atoms with van der Waals surface area (Å²) < 4.78 is 18.9. The third-order valence-corrected chi connectivity index (χ3v) is 2.92. The number of benzene rings is 2. The molecule has 0 bridgehead atoms. The minimum absolute atomic E-state index is 0.000565. The molecule has 0 aromatic heterocycles. The number of nitrogens with two attached hydrogens (primary N) is 1. The Balaban J connectivity index is 2.24. The van der Waals surface area contributed by atoms with Crippen molar-refractivity contribution < 1.29 is 13.9 Å². The predicted molar refractivity (Wildman–Crippen MR) is 76.5 cm³/mol. The van der Waals surface area contributed by atoms with Gasteiger partial charge in [-0.3, -0.25) is 4.79 Å². The second-order valence-electron chi connectivity index (χ2n) is 4.35. The number of hydrogen-bond donors (Lipinski definition) is 2. The Kier molecular flexibility index (Phi) is 3.89. The highest BCUT2D eigenvalue weighted by molar-refractivity contribution is 6.04. The molecule has 0 atom stereocenters. The Morgan fingerprint density at radius 2 is 2.05 bits per heavy atom. The van der Waals surface area contributed by atoms with Crippen LogP contribution in [0.25, 0.3) is 0 Å². The number of ether oxygens (including phenoxy) is 1. The SMILES string of the molecule is COc1ccc(NC(=O)c2cccc(C)c2F)cc1N. The van der Waals surface area contributed by atoms with Crippen molar-refractivity contribution in [3.63, 3.8) is 0 Å². The lowest BCUT2D eigenvalue weighted by Gasteiger charge is -2.10. The molecule has 0 unspecified atom stereocenters. The molecular weight excluding hydrogens is 259 g/mol. The fourth-order valence-corrected chi connectivity index (χ4v) is 1.83. The Hall–Kier alpha value is -2.56. The average molecular weight is 274 g/mol. The van der Waals surface area contributed by atoms with Gasteiger partial charge in [0.15, 0.2) is 0 Å². The van der Waals surface area contributed by atoms with Crippen LogP contribution in [-0.2, 0) is 0 Å². The van der Waals surface area contributed by atoms with Crippen LogP contribution in [0, 0.1) is 12.7 Å². The number of aryl methyl sites for hydroxylation is 1. The number of carbonyl (C=O) groups is 1. The van der Waals surface area contributed by atoms with E-state index in [1.807, 2.05) is 0 Å². The zero-order chi connectivity index (χ0) is 14.7. The first kappa shape index (κ1) is 13.9. The maximum Gasteiger partial charge on any atom is 0.258 e. The number of amides is 1. The van der Waals surface area contributed by atoms with E-state index in [0.717, 1.165) is 0 Å². The number of nitrogens with one attached hydrogen (secondary N) is 1. The fraction of sp³-hybridized carbons (Fsp3) is 0.133. The number of anilines is 2. The van der Waals surface area contributed by atoms with Crippen LogP contribution >= 0.6 is 0 Å². The molecule has 0 radical (unpaired) electrons. The first-order chi connectivity index (χ1) is 9.52. The van der Waals surface area contributed by atoms with Gasteiger partial charge in [0, 0.05) is 5.69 Å². The van der Waals surface area contributed by atoms with Crippen LogP contribution in [0.1, 0.15) is 15.9 Å². The van der Waals surface area contributed by atoms with Crippen LogP contribution in [0.4, 0.5) is 15.8 Å². The summed E-state index contributed by atoms with van der Waals surface area (Å²) in [7, 11) is 1.51. The van der Waals surface area contributed by atoms with Crippen molar-refractivity contribution in [2.75, 3.05) is 18.2 Å². The van der Waals surface area contributed by atoms with E-state index in [-0.39, 0.29) is 5.56 Å². The molecule has 0 aliphatic heterocycles. The van der Waals surface area contributed by atoms with Gasteiger partial charge >= 0.3 is 0 Å². The standard InChI is InChI=1S/C15H15FN2O2/c1-9-4-3-5-11(14(9)16)15(19)18-10-6-7-13(20-2)12(17)8-10/h3-8H,17H2,1-2H3,(H,18,19). The van der Waals surface area contributed by atoms with Crippen LogP contribution in [0.3, 0.4) is 0 Å². The Labute approximate surface area is 116 Å². The molecule has 0 saturated heterocycles. The van der Waals surface area contributed by atoms with E-state index >= 15 is 0 Å². The lowest BCUT2D eigenvalue weighted by Crippen LogP contribution is -2.14. The normalized spacial score (nSPS) is 10.2. The van der Waals surface area contributed by atoms with E-state index in [2.05, 4.69) is 5.32 Å². The van der Waals surface area contributed by atoms with Gasteiger partial charge in [-0.1, -0.05) is 12.1 Å². The molecule has 0 aliphatic carbocycles. The quantitative estimate of drug-likeness (QED) is 0.846. The van der Waals surface area contributed by atoms with Crippen LogP contribution < -0.4 is 15.8 Å². The average Bonchev–Trinajstić information content (AvgIpc) is 2.42. The molecule has 20 heavy (non-hydrogen) atoms. The molecule has 4 nitrogen and oxygen atoms in total. The van der Waals surface area contributed by atoms with E-state index < -0.39 is 11.7 Å². The molecule has 2 rings (SSSR count). The molecule has 2 aromatic rings. The minimum Gasteiger partial charge on any atom is -0.495 e. The summed E-state index contributed by atoms with van der Waals surface area (Å²) in [6.45, 7) is 1.61. The molecule has 0 saturated carbocycles. The van der Waals surface area contributed by atoms with Crippen molar-refractivity contribution in [1.29, 1.82) is 0 Å². The summed E-state index contributed by atoms with van der Waals surface area (Å²) in [5.41, 5.74) is 7.05. The maximum atomic E-state index is 13.8. The van der Waals surface area contributed by atoms with E-state index in [1.165, 1.54) is 13.2 Å². The van der Waals surface area contributed by atoms with Gasteiger partial charge < -0.3 is 15.8 Å². The topological polar surface area (TPSA) is 64.3 Å². The summed E-state index contributed by atoms with van der Waals surface area (Å²) in [6, 6.07) is 9.51. The second kappa shape index (κ2) is 5.61. The van der Waals surface area contributed by atoms with Crippen molar-refractivity contribution in [3.8, 4) is 5.75 Å². The van der Waals surface area contributed by atoms with Crippen LogP contribution in [0.5, 0.6) is 5.75 Å². The number of halogens is 1. The second-order valence-corrected chi connectivity index (χ2v) is 4.35. The van der Waals surface area contributed by atoms with Gasteiger partial charge in [-0.15, -0.1) is 0 Å². The number of carbonyl (C=O) groups excluding carboxylic acids is 1. The molecule has 0 heterocycles. The highest BCUT2D eigenvalue weighted by atomic mass is 19.1. The molecular formula is C15H15FN2O2. The Morgan fingerprint density at radius 1 is 1.30 bits per heavy atom.